The quantitative estimate of drug-likeness (QED) is 0.432. The first-order valence-electron chi connectivity index (χ1n) is 12.1. The topological polar surface area (TPSA) is 102 Å². The van der Waals surface area contributed by atoms with E-state index < -0.39 is 29.2 Å². The molecule has 4 rings (SSSR count). The van der Waals surface area contributed by atoms with Crippen LogP contribution in [0.3, 0.4) is 0 Å². The first kappa shape index (κ1) is 27.2. The summed E-state index contributed by atoms with van der Waals surface area (Å²) in [6.45, 7) is 1.97. The zero-order valence-electron chi connectivity index (χ0n) is 20.8. The van der Waals surface area contributed by atoms with Crippen LogP contribution in [0, 0.1) is 29.0 Å². The fraction of sp³-hybridized carbons (Fsp3) is 0.560. The number of aromatic nitrogens is 2. The molecule has 12 heteroatoms. The Morgan fingerprint density at radius 2 is 1.78 bits per heavy atom. The van der Waals surface area contributed by atoms with E-state index in [9.17, 15) is 27.2 Å². The van der Waals surface area contributed by atoms with E-state index in [1.807, 2.05) is 0 Å². The largest absolute Gasteiger partial charge is 0.402 e. The lowest BCUT2D eigenvalue weighted by molar-refractivity contribution is -0.211. The molecule has 2 amide bonds. The second kappa shape index (κ2) is 9.81. The van der Waals surface area contributed by atoms with Gasteiger partial charge >= 0.3 is 6.18 Å². The van der Waals surface area contributed by atoms with E-state index >= 15 is 0 Å². The van der Waals surface area contributed by atoms with Crippen LogP contribution in [-0.4, -0.2) is 34.3 Å². The molecule has 2 unspecified atom stereocenters. The van der Waals surface area contributed by atoms with Gasteiger partial charge < -0.3 is 16.4 Å². The van der Waals surface area contributed by atoms with Crippen molar-refractivity contribution in [2.45, 2.75) is 51.6 Å². The van der Waals surface area contributed by atoms with Crippen LogP contribution < -0.4 is 16.4 Å². The number of halogens is 5. The molecule has 2 aromatic rings. The van der Waals surface area contributed by atoms with E-state index in [1.54, 1.807) is 7.05 Å². The Kier molecular flexibility index (Phi) is 7.22. The third-order valence-corrected chi connectivity index (χ3v) is 8.14. The number of hydrogen-bond acceptors (Lipinski definition) is 4. The van der Waals surface area contributed by atoms with Crippen molar-refractivity contribution in [2.75, 3.05) is 17.6 Å². The van der Waals surface area contributed by atoms with E-state index in [-0.39, 0.29) is 34.8 Å². The van der Waals surface area contributed by atoms with Crippen molar-refractivity contribution in [3.8, 4) is 0 Å². The first-order chi connectivity index (χ1) is 17.2. The number of carbonyl (C=O) groups is 2. The molecular formula is C25H30ClF4N5O2. The van der Waals surface area contributed by atoms with Gasteiger partial charge in [-0.2, -0.15) is 18.3 Å². The van der Waals surface area contributed by atoms with Gasteiger partial charge in [-0.05, 0) is 75.5 Å². The molecule has 0 radical (unpaired) electrons. The number of anilines is 2. The highest BCUT2D eigenvalue weighted by molar-refractivity contribution is 6.31. The van der Waals surface area contributed by atoms with Crippen LogP contribution in [0.4, 0.5) is 29.1 Å². The first-order valence-corrected chi connectivity index (χ1v) is 12.5. The van der Waals surface area contributed by atoms with Crippen LogP contribution in [0.15, 0.2) is 18.2 Å². The lowest BCUT2D eigenvalue weighted by Gasteiger charge is -2.27. The van der Waals surface area contributed by atoms with Gasteiger partial charge in [0.15, 0.2) is 0 Å². The number of fused-ring (bicyclic) bond motifs is 1. The number of alkyl halides is 3. The summed E-state index contributed by atoms with van der Waals surface area (Å²) in [4.78, 5) is 25.3. The van der Waals surface area contributed by atoms with Gasteiger partial charge in [-0.25, -0.2) is 4.39 Å². The summed E-state index contributed by atoms with van der Waals surface area (Å²) >= 11 is 5.82. The number of hydrogen-bond donors (Lipinski definition) is 3. The summed E-state index contributed by atoms with van der Waals surface area (Å²) in [5.74, 6) is -1.13. The molecule has 1 aromatic heterocycles. The fourth-order valence-corrected chi connectivity index (χ4v) is 5.74. The number of carbonyl (C=O) groups excluding carboxylic acids is 2. The average Bonchev–Trinajstić information content (AvgIpc) is 3.45. The van der Waals surface area contributed by atoms with E-state index in [0.717, 1.165) is 45.6 Å². The highest BCUT2D eigenvalue weighted by Crippen LogP contribution is 2.53. The van der Waals surface area contributed by atoms with Crippen molar-refractivity contribution in [3.05, 3.63) is 40.3 Å². The zero-order chi connectivity index (χ0) is 27.3. The maximum Gasteiger partial charge on any atom is 0.402 e. The summed E-state index contributed by atoms with van der Waals surface area (Å²) < 4.78 is 54.3. The lowest BCUT2D eigenvalue weighted by atomic mass is 9.90. The van der Waals surface area contributed by atoms with Crippen molar-refractivity contribution >= 4 is 34.9 Å². The predicted molar refractivity (Wildman–Crippen MR) is 132 cm³/mol. The third kappa shape index (κ3) is 5.28. The Balaban J connectivity index is 1.40. The summed E-state index contributed by atoms with van der Waals surface area (Å²) in [5.41, 5.74) is 4.93. The number of nitrogens with two attached hydrogens (primary N) is 1. The number of amides is 2. The molecule has 2 aliphatic rings. The molecule has 37 heavy (non-hydrogen) atoms. The van der Waals surface area contributed by atoms with Crippen LogP contribution in [0.2, 0.25) is 5.02 Å². The van der Waals surface area contributed by atoms with Crippen LogP contribution >= 0.6 is 11.6 Å². The Labute approximate surface area is 217 Å². The SMILES string of the molecule is Cn1nc(C2CC3CC(CNC(=O)C(C)(C)C(F)(F)F)CC3C2)c(C(=O)Nc2ccc(F)c(Cl)c2)c1N. The minimum absolute atomic E-state index is 0.00393. The van der Waals surface area contributed by atoms with Gasteiger partial charge in [0.25, 0.3) is 5.91 Å². The van der Waals surface area contributed by atoms with Crippen molar-refractivity contribution in [1.82, 2.24) is 15.1 Å². The van der Waals surface area contributed by atoms with Crippen LogP contribution in [0.25, 0.3) is 0 Å². The zero-order valence-corrected chi connectivity index (χ0v) is 21.5. The summed E-state index contributed by atoms with van der Waals surface area (Å²) in [7, 11) is 1.65. The Bertz CT molecular complexity index is 1200. The molecule has 0 spiro atoms. The molecule has 7 nitrogen and oxygen atoms in total. The van der Waals surface area contributed by atoms with Crippen LogP contribution in [0.1, 0.15) is 61.5 Å². The highest BCUT2D eigenvalue weighted by atomic mass is 35.5. The van der Waals surface area contributed by atoms with E-state index in [2.05, 4.69) is 15.7 Å². The summed E-state index contributed by atoms with van der Waals surface area (Å²) in [5, 5.41) is 9.61. The molecule has 1 aromatic carbocycles. The molecule has 1 heterocycles. The number of benzene rings is 1. The van der Waals surface area contributed by atoms with E-state index in [4.69, 9.17) is 17.3 Å². The third-order valence-electron chi connectivity index (χ3n) is 7.85. The van der Waals surface area contributed by atoms with Crippen LogP contribution in [-0.2, 0) is 11.8 Å². The molecule has 2 aliphatic carbocycles. The van der Waals surface area contributed by atoms with Crippen molar-refractivity contribution in [3.63, 3.8) is 0 Å². The van der Waals surface area contributed by atoms with Crippen LogP contribution in [0.5, 0.6) is 0 Å². The van der Waals surface area contributed by atoms with Gasteiger partial charge in [0.05, 0.1) is 10.7 Å². The Morgan fingerprint density at radius 1 is 1.16 bits per heavy atom. The standard InChI is InChI=1S/C25H30ClF4N5O2/c1-24(2,25(28,29)30)23(37)32-11-12-6-13-8-15(9-14(13)7-12)20-19(21(31)35(3)34-20)22(36)33-16-4-5-18(27)17(26)10-16/h4-5,10,12-15H,6-9,11,31H2,1-3H3,(H,32,37)(H,33,36). The molecule has 2 fully saturated rings. The molecule has 0 aliphatic heterocycles. The number of nitrogen functional groups attached to an aromatic ring is 1. The number of nitrogens with zero attached hydrogens (tertiary/aromatic N) is 2. The molecule has 0 bridgehead atoms. The minimum Gasteiger partial charge on any atom is -0.383 e. The summed E-state index contributed by atoms with van der Waals surface area (Å²) in [6, 6.07) is 3.88. The monoisotopic (exact) mass is 543 g/mol. The maximum absolute atomic E-state index is 13.5. The molecule has 202 valence electrons. The highest BCUT2D eigenvalue weighted by Gasteiger charge is 2.53. The number of rotatable bonds is 6. The molecule has 0 saturated heterocycles. The van der Waals surface area contributed by atoms with Gasteiger partial charge in [-0.3, -0.25) is 14.3 Å². The smallest absolute Gasteiger partial charge is 0.383 e. The molecular weight excluding hydrogens is 514 g/mol. The maximum atomic E-state index is 13.5. The Hall–Kier alpha value is -2.82. The van der Waals surface area contributed by atoms with Gasteiger partial charge in [-0.1, -0.05) is 11.6 Å². The van der Waals surface area contributed by atoms with Crippen molar-refractivity contribution in [2.24, 2.45) is 30.2 Å². The average molecular weight is 544 g/mol. The second-order valence-corrected chi connectivity index (χ2v) is 11.1. The van der Waals surface area contributed by atoms with Crippen molar-refractivity contribution < 1.29 is 27.2 Å². The van der Waals surface area contributed by atoms with Crippen molar-refractivity contribution in [1.29, 1.82) is 0 Å². The van der Waals surface area contributed by atoms with Gasteiger partial charge in [0.2, 0.25) is 5.91 Å². The number of aryl methyl sites for hydroxylation is 1. The predicted octanol–water partition coefficient (Wildman–Crippen LogP) is 5.27. The fourth-order valence-electron chi connectivity index (χ4n) is 5.56. The molecule has 4 N–H and O–H groups in total. The molecule has 2 saturated carbocycles. The lowest BCUT2D eigenvalue weighted by Crippen LogP contribution is -2.47. The molecule has 2 atom stereocenters. The number of nitrogens with one attached hydrogen (secondary N) is 2. The van der Waals surface area contributed by atoms with Gasteiger partial charge in [0, 0.05) is 25.2 Å². The Morgan fingerprint density at radius 3 is 2.35 bits per heavy atom. The normalized spacial score (nSPS) is 23.7. The van der Waals surface area contributed by atoms with E-state index in [1.165, 1.54) is 16.8 Å². The van der Waals surface area contributed by atoms with Gasteiger partial charge in [0.1, 0.15) is 22.6 Å². The minimum atomic E-state index is -4.62. The second-order valence-electron chi connectivity index (χ2n) is 10.7. The summed E-state index contributed by atoms with van der Waals surface area (Å²) in [6.07, 6.45) is -1.52. The van der Waals surface area contributed by atoms with Gasteiger partial charge in [-0.15, -0.1) is 0 Å². The van der Waals surface area contributed by atoms with E-state index in [0.29, 0.717) is 23.2 Å².